The maximum Gasteiger partial charge on any atom is 0.00683 e. The Bertz CT molecular complexity index is 461. The van der Waals surface area contributed by atoms with Crippen molar-refractivity contribution in [2.45, 2.75) is 64.8 Å². The van der Waals surface area contributed by atoms with Crippen molar-refractivity contribution in [2.24, 2.45) is 17.8 Å². The van der Waals surface area contributed by atoms with Gasteiger partial charge in [-0.05, 0) is 74.8 Å². The SMILES string of the molecule is Cc1cccc(C2CC(C(C)C)CCC2CNC2CC2)c1. The average Bonchev–Trinajstić information content (AvgIpc) is 3.29. The van der Waals surface area contributed by atoms with E-state index in [9.17, 15) is 0 Å². The highest BCUT2D eigenvalue weighted by molar-refractivity contribution is 5.26. The van der Waals surface area contributed by atoms with Gasteiger partial charge in [0.05, 0.1) is 0 Å². The molecule has 2 aliphatic carbocycles. The summed E-state index contributed by atoms with van der Waals surface area (Å²) in [6.07, 6.45) is 7.02. The summed E-state index contributed by atoms with van der Waals surface area (Å²) in [5, 5.41) is 3.78. The fraction of sp³-hybridized carbons (Fsp3) is 0.700. The second-order valence-electron chi connectivity index (χ2n) is 7.78. The Morgan fingerprint density at radius 3 is 2.62 bits per heavy atom. The largest absolute Gasteiger partial charge is 0.314 e. The molecule has 3 unspecified atom stereocenters. The second kappa shape index (κ2) is 6.52. The Morgan fingerprint density at radius 1 is 1.14 bits per heavy atom. The fourth-order valence-electron chi connectivity index (χ4n) is 4.03. The summed E-state index contributed by atoms with van der Waals surface area (Å²) in [5.74, 6) is 3.34. The highest BCUT2D eigenvalue weighted by Crippen LogP contribution is 2.43. The van der Waals surface area contributed by atoms with Crippen molar-refractivity contribution in [2.75, 3.05) is 6.54 Å². The molecule has 1 aromatic carbocycles. The minimum absolute atomic E-state index is 0.761. The van der Waals surface area contributed by atoms with Crippen molar-refractivity contribution in [3.8, 4) is 0 Å². The monoisotopic (exact) mass is 285 g/mol. The van der Waals surface area contributed by atoms with E-state index in [2.05, 4.69) is 50.4 Å². The molecule has 1 heteroatoms. The zero-order valence-corrected chi connectivity index (χ0v) is 13.9. The molecule has 1 N–H and O–H groups in total. The first-order valence-electron chi connectivity index (χ1n) is 8.93. The number of hydrogen-bond acceptors (Lipinski definition) is 1. The number of aryl methyl sites for hydroxylation is 1. The van der Waals surface area contributed by atoms with Gasteiger partial charge in [0.15, 0.2) is 0 Å². The molecule has 0 spiro atoms. The van der Waals surface area contributed by atoms with Crippen LogP contribution in [0.25, 0.3) is 0 Å². The molecule has 0 amide bonds. The molecular formula is C20H31N. The van der Waals surface area contributed by atoms with Crippen LogP contribution in [0.4, 0.5) is 0 Å². The van der Waals surface area contributed by atoms with E-state index in [-0.39, 0.29) is 0 Å². The summed E-state index contributed by atoms with van der Waals surface area (Å²) < 4.78 is 0. The van der Waals surface area contributed by atoms with Gasteiger partial charge in [-0.2, -0.15) is 0 Å². The lowest BCUT2D eigenvalue weighted by atomic mass is 9.68. The topological polar surface area (TPSA) is 12.0 Å². The summed E-state index contributed by atoms with van der Waals surface area (Å²) in [5.41, 5.74) is 3.00. The molecule has 2 saturated carbocycles. The summed E-state index contributed by atoms with van der Waals surface area (Å²) in [6.45, 7) is 8.26. The predicted octanol–water partition coefficient (Wildman–Crippen LogP) is 4.90. The number of hydrogen-bond donors (Lipinski definition) is 1. The van der Waals surface area contributed by atoms with Gasteiger partial charge in [0.2, 0.25) is 0 Å². The summed E-state index contributed by atoms with van der Waals surface area (Å²) in [7, 11) is 0. The molecule has 0 aromatic heterocycles. The van der Waals surface area contributed by atoms with Crippen LogP contribution in [0, 0.1) is 24.7 Å². The van der Waals surface area contributed by atoms with E-state index >= 15 is 0 Å². The first kappa shape index (κ1) is 15.1. The minimum Gasteiger partial charge on any atom is -0.314 e. The molecular weight excluding hydrogens is 254 g/mol. The second-order valence-corrected chi connectivity index (χ2v) is 7.78. The zero-order chi connectivity index (χ0) is 14.8. The fourth-order valence-corrected chi connectivity index (χ4v) is 4.03. The molecule has 21 heavy (non-hydrogen) atoms. The average molecular weight is 285 g/mol. The number of benzene rings is 1. The van der Waals surface area contributed by atoms with Crippen LogP contribution in [0.15, 0.2) is 24.3 Å². The maximum absolute atomic E-state index is 3.78. The summed E-state index contributed by atoms with van der Waals surface area (Å²) in [4.78, 5) is 0. The van der Waals surface area contributed by atoms with Crippen molar-refractivity contribution >= 4 is 0 Å². The van der Waals surface area contributed by atoms with Gasteiger partial charge in [-0.1, -0.05) is 43.7 Å². The lowest BCUT2D eigenvalue weighted by Crippen LogP contribution is -2.34. The van der Waals surface area contributed by atoms with Gasteiger partial charge >= 0.3 is 0 Å². The molecule has 0 bridgehead atoms. The summed E-state index contributed by atoms with van der Waals surface area (Å²) >= 11 is 0. The molecule has 1 aromatic rings. The van der Waals surface area contributed by atoms with Gasteiger partial charge in [-0.15, -0.1) is 0 Å². The van der Waals surface area contributed by atoms with E-state index in [1.807, 2.05) is 0 Å². The molecule has 2 fully saturated rings. The third-order valence-corrected chi connectivity index (χ3v) is 5.69. The Balaban J connectivity index is 1.74. The highest BCUT2D eigenvalue weighted by atomic mass is 14.9. The quantitative estimate of drug-likeness (QED) is 0.811. The predicted molar refractivity (Wildman–Crippen MR) is 90.6 cm³/mol. The van der Waals surface area contributed by atoms with Crippen LogP contribution < -0.4 is 5.32 Å². The van der Waals surface area contributed by atoms with Crippen LogP contribution in [0.1, 0.15) is 63.0 Å². The van der Waals surface area contributed by atoms with Gasteiger partial charge < -0.3 is 5.32 Å². The molecule has 0 radical (unpaired) electrons. The van der Waals surface area contributed by atoms with Crippen LogP contribution in [-0.4, -0.2) is 12.6 Å². The lowest BCUT2D eigenvalue weighted by molar-refractivity contribution is 0.190. The van der Waals surface area contributed by atoms with Crippen molar-refractivity contribution in [3.05, 3.63) is 35.4 Å². The van der Waals surface area contributed by atoms with Crippen LogP contribution in [0.2, 0.25) is 0 Å². The van der Waals surface area contributed by atoms with Crippen molar-refractivity contribution in [1.29, 1.82) is 0 Å². The molecule has 1 nitrogen and oxygen atoms in total. The third-order valence-electron chi connectivity index (χ3n) is 5.69. The molecule has 2 aliphatic rings. The third kappa shape index (κ3) is 3.88. The van der Waals surface area contributed by atoms with Crippen LogP contribution >= 0.6 is 0 Å². The molecule has 116 valence electrons. The standard InChI is InChI=1S/C20H31N/c1-14(2)16-7-8-18(13-21-19-9-10-19)20(12-16)17-6-4-5-15(3)11-17/h4-6,11,14,16,18-21H,7-10,12-13H2,1-3H3. The zero-order valence-electron chi connectivity index (χ0n) is 13.9. The van der Waals surface area contributed by atoms with Crippen LogP contribution in [-0.2, 0) is 0 Å². The lowest BCUT2D eigenvalue weighted by Gasteiger charge is -2.38. The van der Waals surface area contributed by atoms with Gasteiger partial charge in [0, 0.05) is 6.04 Å². The first-order valence-corrected chi connectivity index (χ1v) is 8.93. The summed E-state index contributed by atoms with van der Waals surface area (Å²) in [6, 6.07) is 10.1. The van der Waals surface area contributed by atoms with Crippen molar-refractivity contribution in [3.63, 3.8) is 0 Å². The van der Waals surface area contributed by atoms with Crippen LogP contribution in [0.5, 0.6) is 0 Å². The maximum atomic E-state index is 3.78. The Hall–Kier alpha value is -0.820. The van der Waals surface area contributed by atoms with E-state index in [4.69, 9.17) is 0 Å². The van der Waals surface area contributed by atoms with E-state index in [1.54, 1.807) is 5.56 Å². The normalized spacial score (nSPS) is 29.8. The van der Waals surface area contributed by atoms with Crippen molar-refractivity contribution in [1.82, 2.24) is 5.32 Å². The van der Waals surface area contributed by atoms with E-state index in [0.29, 0.717) is 0 Å². The Morgan fingerprint density at radius 2 is 1.95 bits per heavy atom. The van der Waals surface area contributed by atoms with E-state index < -0.39 is 0 Å². The first-order chi connectivity index (χ1) is 10.1. The van der Waals surface area contributed by atoms with E-state index in [1.165, 1.54) is 44.2 Å². The number of rotatable bonds is 5. The van der Waals surface area contributed by atoms with Crippen LogP contribution in [0.3, 0.4) is 0 Å². The highest BCUT2D eigenvalue weighted by Gasteiger charge is 2.33. The number of nitrogens with one attached hydrogen (secondary N) is 1. The van der Waals surface area contributed by atoms with Gasteiger partial charge in [0.25, 0.3) is 0 Å². The minimum atomic E-state index is 0.761. The molecule has 3 rings (SSSR count). The molecule has 0 aliphatic heterocycles. The molecule has 3 atom stereocenters. The van der Waals surface area contributed by atoms with Gasteiger partial charge in [-0.3, -0.25) is 0 Å². The Labute approximate surface area is 130 Å². The van der Waals surface area contributed by atoms with E-state index in [0.717, 1.165) is 29.7 Å². The molecule has 0 saturated heterocycles. The molecule has 0 heterocycles. The Kier molecular flexibility index (Phi) is 4.69. The van der Waals surface area contributed by atoms with Gasteiger partial charge in [0.1, 0.15) is 0 Å². The smallest absolute Gasteiger partial charge is 0.00683 e. The van der Waals surface area contributed by atoms with Gasteiger partial charge in [-0.25, -0.2) is 0 Å². The van der Waals surface area contributed by atoms with Crippen molar-refractivity contribution < 1.29 is 0 Å².